The lowest BCUT2D eigenvalue weighted by molar-refractivity contribution is -0.136. The number of aromatic nitrogens is 1. The van der Waals surface area contributed by atoms with Crippen molar-refractivity contribution in [2.75, 3.05) is 25.6 Å². The SMILES string of the molecule is COCC(=O)N1CCc2nc(NC(=O)c3ccsc3)sc2C1. The first-order valence-corrected chi connectivity index (χ1v) is 8.52. The molecule has 116 valence electrons. The zero-order valence-corrected chi connectivity index (χ0v) is 13.6. The Kier molecular flexibility index (Phi) is 4.51. The fraction of sp³-hybridized carbons (Fsp3) is 0.357. The van der Waals surface area contributed by atoms with Crippen molar-refractivity contribution >= 4 is 39.6 Å². The quantitative estimate of drug-likeness (QED) is 0.926. The van der Waals surface area contributed by atoms with Gasteiger partial charge in [0.15, 0.2) is 5.13 Å². The first kappa shape index (κ1) is 15.1. The Bertz CT molecular complexity index is 682. The molecule has 2 aromatic heterocycles. The minimum atomic E-state index is -0.153. The number of ether oxygens (including phenoxy) is 1. The molecule has 2 amide bonds. The Labute approximate surface area is 135 Å². The molecule has 0 bridgehead atoms. The molecule has 1 N–H and O–H groups in total. The molecule has 0 fully saturated rings. The van der Waals surface area contributed by atoms with Gasteiger partial charge in [0.25, 0.3) is 5.91 Å². The number of rotatable bonds is 4. The van der Waals surface area contributed by atoms with Crippen molar-refractivity contribution in [2.24, 2.45) is 0 Å². The van der Waals surface area contributed by atoms with Gasteiger partial charge in [-0.05, 0) is 11.4 Å². The highest BCUT2D eigenvalue weighted by molar-refractivity contribution is 7.16. The van der Waals surface area contributed by atoms with E-state index in [1.807, 2.05) is 5.38 Å². The number of carbonyl (C=O) groups excluding carboxylic acids is 2. The molecule has 0 aliphatic carbocycles. The van der Waals surface area contributed by atoms with E-state index in [4.69, 9.17) is 4.74 Å². The normalized spacial score (nSPS) is 13.8. The number of carbonyl (C=O) groups is 2. The number of hydrogen-bond donors (Lipinski definition) is 1. The predicted octanol–water partition coefficient (Wildman–Crippen LogP) is 1.99. The zero-order valence-electron chi connectivity index (χ0n) is 12.0. The average Bonchev–Trinajstić information content (AvgIpc) is 3.15. The van der Waals surface area contributed by atoms with Crippen molar-refractivity contribution < 1.29 is 14.3 Å². The van der Waals surface area contributed by atoms with E-state index in [-0.39, 0.29) is 18.4 Å². The number of thiophene rings is 1. The Morgan fingerprint density at radius 2 is 2.36 bits per heavy atom. The van der Waals surface area contributed by atoms with Crippen LogP contribution >= 0.6 is 22.7 Å². The summed E-state index contributed by atoms with van der Waals surface area (Å²) in [5, 5.41) is 7.06. The number of fused-ring (bicyclic) bond motifs is 1. The summed E-state index contributed by atoms with van der Waals surface area (Å²) in [5.41, 5.74) is 1.60. The van der Waals surface area contributed by atoms with E-state index < -0.39 is 0 Å². The van der Waals surface area contributed by atoms with Crippen LogP contribution in [-0.2, 0) is 22.5 Å². The molecule has 3 rings (SSSR count). The van der Waals surface area contributed by atoms with Gasteiger partial charge in [-0.25, -0.2) is 4.98 Å². The molecule has 0 saturated carbocycles. The summed E-state index contributed by atoms with van der Waals surface area (Å²) in [5.74, 6) is -0.176. The van der Waals surface area contributed by atoms with Gasteiger partial charge in [0.05, 0.1) is 17.8 Å². The molecule has 0 saturated heterocycles. The van der Waals surface area contributed by atoms with Crippen molar-refractivity contribution in [3.8, 4) is 0 Å². The number of anilines is 1. The van der Waals surface area contributed by atoms with Crippen LogP contribution in [0.25, 0.3) is 0 Å². The molecule has 3 heterocycles. The van der Waals surface area contributed by atoms with E-state index in [1.54, 1.807) is 16.3 Å². The third-order valence-electron chi connectivity index (χ3n) is 3.36. The minimum Gasteiger partial charge on any atom is -0.375 e. The van der Waals surface area contributed by atoms with E-state index in [0.717, 1.165) is 10.6 Å². The Morgan fingerprint density at radius 1 is 1.50 bits per heavy atom. The summed E-state index contributed by atoms with van der Waals surface area (Å²) < 4.78 is 4.88. The lowest BCUT2D eigenvalue weighted by atomic mass is 10.2. The monoisotopic (exact) mass is 337 g/mol. The Balaban J connectivity index is 1.68. The van der Waals surface area contributed by atoms with Gasteiger partial charge >= 0.3 is 0 Å². The van der Waals surface area contributed by atoms with Crippen LogP contribution in [0.15, 0.2) is 16.8 Å². The van der Waals surface area contributed by atoms with Gasteiger partial charge in [-0.2, -0.15) is 11.3 Å². The number of methoxy groups -OCH3 is 1. The average molecular weight is 337 g/mol. The number of hydrogen-bond acceptors (Lipinski definition) is 6. The van der Waals surface area contributed by atoms with Gasteiger partial charge in [0.1, 0.15) is 6.61 Å². The van der Waals surface area contributed by atoms with Crippen LogP contribution in [0.2, 0.25) is 0 Å². The van der Waals surface area contributed by atoms with Crippen LogP contribution in [0, 0.1) is 0 Å². The maximum Gasteiger partial charge on any atom is 0.258 e. The van der Waals surface area contributed by atoms with E-state index in [1.165, 1.54) is 29.8 Å². The fourth-order valence-corrected chi connectivity index (χ4v) is 3.89. The summed E-state index contributed by atoms with van der Waals surface area (Å²) in [6, 6.07) is 1.78. The van der Waals surface area contributed by atoms with Crippen LogP contribution in [0.5, 0.6) is 0 Å². The smallest absolute Gasteiger partial charge is 0.258 e. The maximum atomic E-state index is 12.0. The summed E-state index contributed by atoms with van der Waals surface area (Å²) in [4.78, 5) is 31.1. The highest BCUT2D eigenvalue weighted by Crippen LogP contribution is 2.28. The topological polar surface area (TPSA) is 71.5 Å². The second-order valence-electron chi connectivity index (χ2n) is 4.85. The molecule has 0 unspecified atom stereocenters. The fourth-order valence-electron chi connectivity index (χ4n) is 2.24. The first-order valence-electron chi connectivity index (χ1n) is 6.76. The van der Waals surface area contributed by atoms with Crippen molar-refractivity contribution in [1.82, 2.24) is 9.88 Å². The van der Waals surface area contributed by atoms with Gasteiger partial charge < -0.3 is 9.64 Å². The van der Waals surface area contributed by atoms with Crippen molar-refractivity contribution in [2.45, 2.75) is 13.0 Å². The predicted molar refractivity (Wildman–Crippen MR) is 85.4 cm³/mol. The van der Waals surface area contributed by atoms with E-state index in [9.17, 15) is 9.59 Å². The van der Waals surface area contributed by atoms with Gasteiger partial charge in [0.2, 0.25) is 5.91 Å². The van der Waals surface area contributed by atoms with Crippen LogP contribution < -0.4 is 5.32 Å². The van der Waals surface area contributed by atoms with Crippen LogP contribution in [0.4, 0.5) is 5.13 Å². The molecule has 1 aliphatic rings. The van der Waals surface area contributed by atoms with E-state index in [0.29, 0.717) is 30.2 Å². The lowest BCUT2D eigenvalue weighted by Crippen LogP contribution is -2.37. The van der Waals surface area contributed by atoms with Crippen LogP contribution in [-0.4, -0.2) is 42.0 Å². The third-order valence-corrected chi connectivity index (χ3v) is 5.04. The van der Waals surface area contributed by atoms with Crippen molar-refractivity contribution in [1.29, 1.82) is 0 Å². The molecule has 0 aromatic carbocycles. The number of nitrogens with one attached hydrogen (secondary N) is 1. The number of thiazole rings is 1. The Hall–Kier alpha value is -1.77. The third kappa shape index (κ3) is 3.18. The summed E-state index contributed by atoms with van der Waals surface area (Å²) in [6.45, 7) is 1.26. The second-order valence-corrected chi connectivity index (χ2v) is 6.72. The molecule has 22 heavy (non-hydrogen) atoms. The van der Waals surface area contributed by atoms with Gasteiger partial charge in [0, 0.05) is 30.3 Å². The molecule has 0 atom stereocenters. The van der Waals surface area contributed by atoms with Crippen LogP contribution in [0.3, 0.4) is 0 Å². The minimum absolute atomic E-state index is 0.0228. The highest BCUT2D eigenvalue weighted by atomic mass is 32.1. The van der Waals surface area contributed by atoms with Crippen molar-refractivity contribution in [3.63, 3.8) is 0 Å². The number of nitrogens with zero attached hydrogens (tertiary/aromatic N) is 2. The van der Waals surface area contributed by atoms with E-state index in [2.05, 4.69) is 10.3 Å². The standard InChI is InChI=1S/C14H15N3O3S2/c1-20-7-12(18)17-4-2-10-11(6-17)22-14(15-10)16-13(19)9-3-5-21-8-9/h3,5,8H,2,4,6-7H2,1H3,(H,15,16,19). The summed E-state index contributed by atoms with van der Waals surface area (Å²) in [7, 11) is 1.51. The Morgan fingerprint density at radius 3 is 3.09 bits per heavy atom. The summed E-state index contributed by atoms with van der Waals surface area (Å²) >= 11 is 2.91. The molecule has 2 aromatic rings. The number of amides is 2. The molecule has 1 aliphatic heterocycles. The lowest BCUT2D eigenvalue weighted by Gasteiger charge is -2.25. The molecule has 8 heteroatoms. The van der Waals surface area contributed by atoms with Gasteiger partial charge in [-0.15, -0.1) is 0 Å². The molecule has 0 radical (unpaired) electrons. The van der Waals surface area contributed by atoms with Gasteiger partial charge in [-0.1, -0.05) is 11.3 Å². The highest BCUT2D eigenvalue weighted by Gasteiger charge is 2.24. The second kappa shape index (κ2) is 6.55. The summed E-state index contributed by atoms with van der Waals surface area (Å²) in [6.07, 6.45) is 0.704. The first-order chi connectivity index (χ1) is 10.7. The van der Waals surface area contributed by atoms with Gasteiger partial charge in [-0.3, -0.25) is 14.9 Å². The molecular weight excluding hydrogens is 322 g/mol. The molecular formula is C14H15N3O3S2. The molecule has 0 spiro atoms. The largest absolute Gasteiger partial charge is 0.375 e. The maximum absolute atomic E-state index is 12.0. The molecule has 6 nitrogen and oxygen atoms in total. The van der Waals surface area contributed by atoms with Crippen molar-refractivity contribution in [3.05, 3.63) is 33.0 Å². The van der Waals surface area contributed by atoms with Crippen LogP contribution in [0.1, 0.15) is 20.9 Å². The van der Waals surface area contributed by atoms with E-state index >= 15 is 0 Å². The zero-order chi connectivity index (χ0) is 15.5.